The van der Waals surface area contributed by atoms with Gasteiger partial charge in [-0.3, -0.25) is 19.0 Å². The molecule has 196 valence electrons. The lowest BCUT2D eigenvalue weighted by molar-refractivity contribution is -0.110. The highest BCUT2D eigenvalue weighted by Crippen LogP contribution is 2.33. The van der Waals surface area contributed by atoms with Crippen LogP contribution in [0.2, 0.25) is 0 Å². The number of nitrogens with one attached hydrogen (secondary N) is 4. The normalized spacial score (nSPS) is 13.6. The summed E-state index contributed by atoms with van der Waals surface area (Å²) in [4.78, 5) is 55.3. The van der Waals surface area contributed by atoms with Crippen molar-refractivity contribution in [2.75, 3.05) is 11.9 Å². The number of H-pyrrole nitrogens is 2. The van der Waals surface area contributed by atoms with Gasteiger partial charge in [-0.25, -0.2) is 13.6 Å². The van der Waals surface area contributed by atoms with Gasteiger partial charge >= 0.3 is 5.69 Å². The van der Waals surface area contributed by atoms with Crippen molar-refractivity contribution in [2.45, 2.75) is 6.54 Å². The molecular weight excluding hydrogens is 508 g/mol. The van der Waals surface area contributed by atoms with Crippen LogP contribution >= 0.6 is 0 Å². The average molecular weight is 530 g/mol. The Bertz CT molecular complexity index is 1770. The van der Waals surface area contributed by atoms with E-state index in [0.717, 1.165) is 39.7 Å². The number of hydrogen-bond acceptors (Lipinski definition) is 4. The number of fused-ring (bicyclic) bond motifs is 1. The van der Waals surface area contributed by atoms with Crippen LogP contribution in [0.5, 0.6) is 0 Å². The molecule has 11 heteroatoms. The number of halogens is 2. The predicted octanol–water partition coefficient (Wildman–Crippen LogP) is 3.13. The van der Waals surface area contributed by atoms with Gasteiger partial charge in [0.25, 0.3) is 17.4 Å². The van der Waals surface area contributed by atoms with Crippen LogP contribution in [0, 0.1) is 11.6 Å². The molecule has 0 spiro atoms. The van der Waals surface area contributed by atoms with E-state index in [1.165, 1.54) is 6.07 Å². The van der Waals surface area contributed by atoms with Crippen molar-refractivity contribution in [3.63, 3.8) is 0 Å². The molecule has 2 aromatic carbocycles. The number of rotatable bonds is 7. The zero-order chi connectivity index (χ0) is 27.5. The maximum atomic E-state index is 13.5. The Labute approximate surface area is 219 Å². The maximum Gasteiger partial charge on any atom is 0.328 e. The molecule has 4 aromatic rings. The second-order valence-corrected chi connectivity index (χ2v) is 8.70. The Balaban J connectivity index is 1.25. The van der Waals surface area contributed by atoms with E-state index in [1.54, 1.807) is 30.5 Å². The third-order valence-electron chi connectivity index (χ3n) is 6.07. The van der Waals surface area contributed by atoms with Gasteiger partial charge in [0.1, 0.15) is 5.56 Å². The quantitative estimate of drug-likeness (QED) is 0.274. The summed E-state index contributed by atoms with van der Waals surface area (Å²) in [7, 11) is 0. The molecule has 0 saturated heterocycles. The fourth-order valence-corrected chi connectivity index (χ4v) is 4.13. The predicted molar refractivity (Wildman–Crippen MR) is 142 cm³/mol. The van der Waals surface area contributed by atoms with E-state index in [9.17, 15) is 28.0 Å². The van der Waals surface area contributed by atoms with Crippen LogP contribution < -0.4 is 21.9 Å². The van der Waals surface area contributed by atoms with Gasteiger partial charge in [0.15, 0.2) is 11.6 Å². The number of nitrogens with zero attached hydrogens (tertiary/aromatic N) is 1. The Morgan fingerprint density at radius 1 is 1.00 bits per heavy atom. The van der Waals surface area contributed by atoms with Crippen molar-refractivity contribution >= 4 is 35.2 Å². The van der Waals surface area contributed by atoms with Crippen molar-refractivity contribution < 1.29 is 18.4 Å². The number of benzene rings is 2. The molecule has 0 atom stereocenters. The lowest BCUT2D eigenvalue weighted by Gasteiger charge is -2.08. The van der Waals surface area contributed by atoms with Crippen LogP contribution in [0.4, 0.5) is 14.5 Å². The van der Waals surface area contributed by atoms with Gasteiger partial charge in [0.2, 0.25) is 0 Å². The van der Waals surface area contributed by atoms with E-state index < -0.39 is 28.8 Å². The molecule has 9 nitrogen and oxygen atoms in total. The fourth-order valence-electron chi connectivity index (χ4n) is 4.13. The Hall–Kier alpha value is -5.32. The number of anilines is 1. The lowest BCUT2D eigenvalue weighted by atomic mass is 10.0. The number of hydrogen-bond donors (Lipinski definition) is 4. The van der Waals surface area contributed by atoms with Crippen LogP contribution in [0.25, 0.3) is 17.7 Å². The van der Waals surface area contributed by atoms with Gasteiger partial charge in [0.05, 0.1) is 12.1 Å². The highest BCUT2D eigenvalue weighted by atomic mass is 19.2. The second-order valence-electron chi connectivity index (χ2n) is 8.70. The van der Waals surface area contributed by atoms with Gasteiger partial charge in [-0.05, 0) is 47.5 Å². The van der Waals surface area contributed by atoms with Crippen LogP contribution in [-0.2, 0) is 11.3 Å². The smallest absolute Gasteiger partial charge is 0.328 e. The largest absolute Gasteiger partial charge is 0.362 e. The molecule has 0 radical (unpaired) electrons. The molecule has 2 aromatic heterocycles. The monoisotopic (exact) mass is 529 g/mol. The zero-order valence-corrected chi connectivity index (χ0v) is 20.3. The molecular formula is C28H21F2N5O4. The van der Waals surface area contributed by atoms with Crippen LogP contribution in [0.15, 0.2) is 76.6 Å². The summed E-state index contributed by atoms with van der Waals surface area (Å²) >= 11 is 0. The number of carbonyl (C=O) groups excluding carboxylic acids is 2. The Kier molecular flexibility index (Phi) is 6.87. The molecule has 39 heavy (non-hydrogen) atoms. The average Bonchev–Trinajstić information content (AvgIpc) is 3.54. The van der Waals surface area contributed by atoms with Gasteiger partial charge in [-0.15, -0.1) is 0 Å². The van der Waals surface area contributed by atoms with Gasteiger partial charge in [-0.1, -0.05) is 30.4 Å². The Morgan fingerprint density at radius 2 is 1.85 bits per heavy atom. The molecule has 1 aliphatic heterocycles. The van der Waals surface area contributed by atoms with Crippen LogP contribution in [-0.4, -0.2) is 32.9 Å². The standard InChI is InChI=1S/C28H21F2N5O4/c29-22-8-6-17(11-23(22)30)15-35-27(38)21(14-33-28(35)39)25(36)32-10-1-3-16-5-7-19-20(13-18-4-2-9-31-18)26(37)34-24(19)12-16/h1-9,11-14,31H,10,15H2,(H,32,36)(H,33,39)(H,34,37)/b3-1+,20-13+. The first-order valence-corrected chi connectivity index (χ1v) is 11.8. The summed E-state index contributed by atoms with van der Waals surface area (Å²) in [6.07, 6.45) is 7.96. The second kappa shape index (κ2) is 10.6. The van der Waals surface area contributed by atoms with Crippen LogP contribution in [0.1, 0.15) is 32.7 Å². The van der Waals surface area contributed by atoms with E-state index in [0.29, 0.717) is 11.3 Å². The van der Waals surface area contributed by atoms with Crippen LogP contribution in [0.3, 0.4) is 0 Å². The minimum atomic E-state index is -1.11. The van der Waals surface area contributed by atoms with Gasteiger partial charge in [0, 0.05) is 35.9 Å². The zero-order valence-electron chi connectivity index (χ0n) is 20.3. The first-order valence-electron chi connectivity index (χ1n) is 11.8. The number of aromatic amines is 2. The summed E-state index contributed by atoms with van der Waals surface area (Å²) < 4.78 is 27.4. The van der Waals surface area contributed by atoms with Crippen molar-refractivity contribution in [3.8, 4) is 0 Å². The first kappa shape index (κ1) is 25.3. The molecule has 0 fully saturated rings. The molecule has 0 unspecified atom stereocenters. The highest BCUT2D eigenvalue weighted by molar-refractivity contribution is 6.34. The summed E-state index contributed by atoms with van der Waals surface area (Å²) in [5, 5.41) is 5.41. The number of carbonyl (C=O) groups is 2. The minimum Gasteiger partial charge on any atom is -0.362 e. The SMILES string of the molecule is O=C1Nc2cc(/C=C/CNC(=O)c3c[nH]c(=O)n(Cc4ccc(F)c(F)c4)c3=O)ccc2/C1=C\c1ccc[nH]1. The van der Waals surface area contributed by atoms with E-state index >= 15 is 0 Å². The van der Waals surface area contributed by atoms with Crippen molar-refractivity contribution in [2.24, 2.45) is 0 Å². The third kappa shape index (κ3) is 5.37. The van der Waals surface area contributed by atoms with E-state index in [2.05, 4.69) is 20.6 Å². The summed E-state index contributed by atoms with van der Waals surface area (Å²) in [5.41, 5.74) is 1.78. The summed E-state index contributed by atoms with van der Waals surface area (Å²) in [6.45, 7) is -0.273. The minimum absolute atomic E-state index is 0.0714. The molecule has 0 aliphatic carbocycles. The summed E-state index contributed by atoms with van der Waals surface area (Å²) in [5.74, 6) is -3.10. The third-order valence-corrected chi connectivity index (χ3v) is 6.07. The Morgan fingerprint density at radius 3 is 2.62 bits per heavy atom. The topological polar surface area (TPSA) is 129 Å². The van der Waals surface area contributed by atoms with Crippen molar-refractivity contribution in [1.82, 2.24) is 19.9 Å². The number of amides is 2. The van der Waals surface area contributed by atoms with Crippen molar-refractivity contribution in [1.29, 1.82) is 0 Å². The van der Waals surface area contributed by atoms with E-state index in [1.807, 2.05) is 24.3 Å². The summed E-state index contributed by atoms with van der Waals surface area (Å²) in [6, 6.07) is 12.2. The first-order chi connectivity index (χ1) is 18.8. The highest BCUT2D eigenvalue weighted by Gasteiger charge is 2.24. The molecule has 1 aliphatic rings. The van der Waals surface area contributed by atoms with Gasteiger partial charge in [-0.2, -0.15) is 0 Å². The van der Waals surface area contributed by atoms with Crippen molar-refractivity contribution in [3.05, 3.63) is 127 Å². The number of aromatic nitrogens is 3. The molecule has 2 amide bonds. The lowest BCUT2D eigenvalue weighted by Crippen LogP contribution is -2.40. The molecule has 0 bridgehead atoms. The van der Waals surface area contributed by atoms with E-state index in [-0.39, 0.29) is 30.1 Å². The van der Waals surface area contributed by atoms with Gasteiger partial charge < -0.3 is 20.6 Å². The maximum absolute atomic E-state index is 13.5. The van der Waals surface area contributed by atoms with E-state index in [4.69, 9.17) is 0 Å². The molecule has 3 heterocycles. The fraction of sp³-hybridized carbons (Fsp3) is 0.0714. The molecule has 4 N–H and O–H groups in total. The molecule has 0 saturated carbocycles. The molecule has 5 rings (SSSR count).